The largest absolute Gasteiger partial charge is 0.381 e. The van der Waals surface area contributed by atoms with E-state index < -0.39 is 0 Å². The molecule has 0 unspecified atom stereocenters. The lowest BCUT2D eigenvalue weighted by Gasteiger charge is -2.07. The van der Waals surface area contributed by atoms with E-state index in [1.807, 2.05) is 20.0 Å². The molecule has 0 aliphatic heterocycles. The van der Waals surface area contributed by atoms with Crippen molar-refractivity contribution in [3.05, 3.63) is 40.7 Å². The predicted octanol–water partition coefficient (Wildman–Crippen LogP) is 3.72. The predicted molar refractivity (Wildman–Crippen MR) is 78.5 cm³/mol. The van der Waals surface area contributed by atoms with E-state index in [1.165, 1.54) is 4.90 Å². The summed E-state index contributed by atoms with van der Waals surface area (Å²) in [5.41, 5.74) is 3.12. The summed E-state index contributed by atoms with van der Waals surface area (Å²) in [5.74, 6) is 0. The molecule has 0 aliphatic carbocycles. The second-order valence-corrected chi connectivity index (χ2v) is 5.30. The number of benzene rings is 1. The molecular formula is C13H16ClN3S. The summed E-state index contributed by atoms with van der Waals surface area (Å²) in [5, 5.41) is 8.37. The number of thioether (sulfide) groups is 1. The summed E-state index contributed by atoms with van der Waals surface area (Å²) in [7, 11) is 1.85. The highest BCUT2D eigenvalue weighted by atomic mass is 35.5. The monoisotopic (exact) mass is 281 g/mol. The third kappa shape index (κ3) is 2.82. The average molecular weight is 282 g/mol. The van der Waals surface area contributed by atoms with Crippen LogP contribution < -0.4 is 5.32 Å². The van der Waals surface area contributed by atoms with Gasteiger partial charge in [0.2, 0.25) is 0 Å². The average Bonchev–Trinajstić information content (AvgIpc) is 2.61. The smallest absolute Gasteiger partial charge is 0.131 e. The Balaban J connectivity index is 2.11. The van der Waals surface area contributed by atoms with E-state index in [0.717, 1.165) is 16.9 Å². The molecule has 0 saturated carbocycles. The van der Waals surface area contributed by atoms with Gasteiger partial charge in [-0.15, -0.1) is 11.8 Å². The van der Waals surface area contributed by atoms with Crippen LogP contribution in [0.15, 0.2) is 29.2 Å². The van der Waals surface area contributed by atoms with Gasteiger partial charge in [-0.1, -0.05) is 17.7 Å². The number of nitrogens with zero attached hydrogens (tertiary/aromatic N) is 2. The van der Waals surface area contributed by atoms with Crippen molar-refractivity contribution < 1.29 is 0 Å². The van der Waals surface area contributed by atoms with Crippen LogP contribution in [0.1, 0.15) is 11.3 Å². The van der Waals surface area contributed by atoms with Crippen molar-refractivity contribution in [2.75, 3.05) is 11.6 Å². The van der Waals surface area contributed by atoms with Crippen molar-refractivity contribution in [1.29, 1.82) is 0 Å². The van der Waals surface area contributed by atoms with Gasteiger partial charge in [-0.25, -0.2) is 0 Å². The van der Waals surface area contributed by atoms with E-state index in [0.29, 0.717) is 11.7 Å². The van der Waals surface area contributed by atoms with Gasteiger partial charge in [0.25, 0.3) is 0 Å². The van der Waals surface area contributed by atoms with Crippen LogP contribution in [0.5, 0.6) is 0 Å². The number of rotatable bonds is 4. The molecule has 0 radical (unpaired) electrons. The molecule has 3 nitrogen and oxygen atoms in total. The number of halogens is 1. The second kappa shape index (κ2) is 5.67. The molecule has 0 amide bonds. The van der Waals surface area contributed by atoms with Gasteiger partial charge >= 0.3 is 0 Å². The molecule has 0 aliphatic rings. The van der Waals surface area contributed by atoms with Gasteiger partial charge in [0.1, 0.15) is 5.15 Å². The van der Waals surface area contributed by atoms with Gasteiger partial charge in [0.05, 0.1) is 5.69 Å². The summed E-state index contributed by atoms with van der Waals surface area (Å²) < 4.78 is 1.70. The number of hydrogen-bond acceptors (Lipinski definition) is 3. The minimum atomic E-state index is 0.691. The zero-order valence-corrected chi connectivity index (χ0v) is 12.3. The molecule has 2 aromatic rings. The van der Waals surface area contributed by atoms with Gasteiger partial charge in [0, 0.05) is 29.7 Å². The molecule has 18 heavy (non-hydrogen) atoms. The standard InChI is InChI=1S/C13H16ClN3S/c1-9-12(13(14)17(2)16-9)8-15-10-5-4-6-11(7-10)18-3/h4-7,15H,8H2,1-3H3. The van der Waals surface area contributed by atoms with E-state index in [1.54, 1.807) is 16.4 Å². The normalized spacial score (nSPS) is 10.7. The second-order valence-electron chi connectivity index (χ2n) is 4.06. The van der Waals surface area contributed by atoms with Gasteiger partial charge in [-0.3, -0.25) is 4.68 Å². The zero-order valence-electron chi connectivity index (χ0n) is 10.7. The fourth-order valence-corrected chi connectivity index (χ4v) is 2.50. The van der Waals surface area contributed by atoms with E-state index in [2.05, 4.69) is 34.9 Å². The molecule has 0 fully saturated rings. The Morgan fingerprint density at radius 3 is 2.83 bits per heavy atom. The van der Waals surface area contributed by atoms with Crippen molar-refractivity contribution >= 4 is 29.1 Å². The van der Waals surface area contributed by atoms with Crippen molar-refractivity contribution in [3.63, 3.8) is 0 Å². The van der Waals surface area contributed by atoms with Crippen LogP contribution in [0.3, 0.4) is 0 Å². The summed E-state index contributed by atoms with van der Waals surface area (Å²) in [6.07, 6.45) is 2.07. The lowest BCUT2D eigenvalue weighted by Crippen LogP contribution is -2.00. The zero-order chi connectivity index (χ0) is 13.1. The minimum absolute atomic E-state index is 0.691. The van der Waals surface area contributed by atoms with Crippen LogP contribution in [-0.4, -0.2) is 16.0 Å². The van der Waals surface area contributed by atoms with E-state index in [4.69, 9.17) is 11.6 Å². The molecule has 2 rings (SSSR count). The molecule has 0 spiro atoms. The van der Waals surface area contributed by atoms with E-state index in [-0.39, 0.29) is 0 Å². The Hall–Kier alpha value is -1.13. The molecule has 1 N–H and O–H groups in total. The van der Waals surface area contributed by atoms with Crippen molar-refractivity contribution in [1.82, 2.24) is 9.78 Å². The van der Waals surface area contributed by atoms with Gasteiger partial charge in [-0.05, 0) is 31.4 Å². The fraction of sp³-hybridized carbons (Fsp3) is 0.308. The summed E-state index contributed by atoms with van der Waals surface area (Å²) in [4.78, 5) is 1.24. The maximum absolute atomic E-state index is 6.20. The maximum Gasteiger partial charge on any atom is 0.131 e. The molecule has 0 saturated heterocycles. The van der Waals surface area contributed by atoms with Crippen molar-refractivity contribution in [3.8, 4) is 0 Å². The fourth-order valence-electron chi connectivity index (χ4n) is 1.80. The van der Waals surface area contributed by atoms with Crippen LogP contribution in [0, 0.1) is 6.92 Å². The molecule has 1 aromatic carbocycles. The SMILES string of the molecule is CSc1cccc(NCc2c(C)nn(C)c2Cl)c1. The highest BCUT2D eigenvalue weighted by Gasteiger charge is 2.10. The minimum Gasteiger partial charge on any atom is -0.381 e. The third-order valence-corrected chi connectivity index (χ3v) is 4.01. The number of anilines is 1. The highest BCUT2D eigenvalue weighted by Crippen LogP contribution is 2.22. The molecule has 1 heterocycles. The van der Waals surface area contributed by atoms with Gasteiger partial charge in [-0.2, -0.15) is 5.10 Å². The van der Waals surface area contributed by atoms with Crippen LogP contribution >= 0.6 is 23.4 Å². The quantitative estimate of drug-likeness (QED) is 0.867. The molecular weight excluding hydrogens is 266 g/mol. The first-order chi connectivity index (χ1) is 8.61. The van der Waals surface area contributed by atoms with E-state index >= 15 is 0 Å². The topological polar surface area (TPSA) is 29.9 Å². The maximum atomic E-state index is 6.20. The summed E-state index contributed by atoms with van der Waals surface area (Å²) in [6.45, 7) is 2.66. The lowest BCUT2D eigenvalue weighted by molar-refractivity contribution is 0.757. The van der Waals surface area contributed by atoms with E-state index in [9.17, 15) is 0 Å². The molecule has 5 heteroatoms. The molecule has 1 aromatic heterocycles. The summed E-state index contributed by atoms with van der Waals surface area (Å²) in [6, 6.07) is 8.33. The number of aryl methyl sites for hydroxylation is 2. The Morgan fingerprint density at radius 2 is 2.22 bits per heavy atom. The first kappa shape index (κ1) is 13.3. The highest BCUT2D eigenvalue weighted by molar-refractivity contribution is 7.98. The van der Waals surface area contributed by atoms with Crippen LogP contribution in [0.2, 0.25) is 5.15 Å². The lowest BCUT2D eigenvalue weighted by atomic mass is 10.2. The van der Waals surface area contributed by atoms with Crippen molar-refractivity contribution in [2.24, 2.45) is 7.05 Å². The Morgan fingerprint density at radius 1 is 1.44 bits per heavy atom. The third-order valence-electron chi connectivity index (χ3n) is 2.81. The van der Waals surface area contributed by atoms with Crippen LogP contribution in [0.4, 0.5) is 5.69 Å². The van der Waals surface area contributed by atoms with Crippen LogP contribution in [0.25, 0.3) is 0 Å². The molecule has 96 valence electrons. The number of hydrogen-bond donors (Lipinski definition) is 1. The Kier molecular flexibility index (Phi) is 4.19. The molecule has 0 atom stereocenters. The van der Waals surface area contributed by atoms with Gasteiger partial charge in [0.15, 0.2) is 0 Å². The molecule has 0 bridgehead atoms. The number of nitrogens with one attached hydrogen (secondary N) is 1. The van der Waals surface area contributed by atoms with Crippen molar-refractivity contribution in [2.45, 2.75) is 18.4 Å². The Labute approximate surface area is 117 Å². The number of aromatic nitrogens is 2. The Bertz CT molecular complexity index is 551. The van der Waals surface area contributed by atoms with Gasteiger partial charge < -0.3 is 5.32 Å². The van der Waals surface area contributed by atoms with Crippen LogP contribution in [-0.2, 0) is 13.6 Å². The first-order valence-electron chi connectivity index (χ1n) is 5.67. The summed E-state index contributed by atoms with van der Waals surface area (Å²) >= 11 is 7.93. The first-order valence-corrected chi connectivity index (χ1v) is 7.28.